The van der Waals surface area contributed by atoms with Crippen molar-refractivity contribution in [2.24, 2.45) is 5.41 Å². The van der Waals surface area contributed by atoms with E-state index < -0.39 is 12.0 Å². The van der Waals surface area contributed by atoms with Crippen molar-refractivity contribution < 1.29 is 19.4 Å². The Hall–Kier alpha value is -2.15. The van der Waals surface area contributed by atoms with Gasteiger partial charge in [-0.25, -0.2) is 14.6 Å². The number of rotatable bonds is 7. The number of urea groups is 1. The van der Waals surface area contributed by atoms with Gasteiger partial charge in [0, 0.05) is 26.5 Å². The lowest BCUT2D eigenvalue weighted by Gasteiger charge is -2.24. The van der Waals surface area contributed by atoms with Gasteiger partial charge in [-0.05, 0) is 24.0 Å². The smallest absolute Gasteiger partial charge is 0.356 e. The van der Waals surface area contributed by atoms with Gasteiger partial charge in [0.15, 0.2) is 5.69 Å². The van der Waals surface area contributed by atoms with Crippen LogP contribution in [0.25, 0.3) is 0 Å². The van der Waals surface area contributed by atoms with Crippen LogP contribution in [0.2, 0.25) is 0 Å². The Kier molecular flexibility index (Phi) is 6.10. The van der Waals surface area contributed by atoms with E-state index in [0.717, 1.165) is 6.42 Å². The summed E-state index contributed by atoms with van der Waals surface area (Å²) in [6.07, 6.45) is 2.16. The maximum Gasteiger partial charge on any atom is 0.356 e. The fraction of sp³-hybridized carbons (Fsp3) is 0.500. The van der Waals surface area contributed by atoms with Crippen LogP contribution in [-0.2, 0) is 4.74 Å². The number of pyridine rings is 1. The van der Waals surface area contributed by atoms with E-state index in [1.54, 1.807) is 13.2 Å². The van der Waals surface area contributed by atoms with Crippen molar-refractivity contribution in [3.8, 4) is 0 Å². The van der Waals surface area contributed by atoms with Gasteiger partial charge in [0.2, 0.25) is 0 Å². The molecule has 0 fully saturated rings. The first-order valence-corrected chi connectivity index (χ1v) is 6.58. The summed E-state index contributed by atoms with van der Waals surface area (Å²) in [5, 5.41) is 14.2. The van der Waals surface area contributed by atoms with Crippen LogP contribution >= 0.6 is 0 Å². The highest BCUT2D eigenvalue weighted by atomic mass is 16.5. The molecule has 0 aliphatic heterocycles. The van der Waals surface area contributed by atoms with Gasteiger partial charge in [0.25, 0.3) is 0 Å². The molecule has 7 heteroatoms. The van der Waals surface area contributed by atoms with Gasteiger partial charge >= 0.3 is 12.0 Å². The number of carbonyl (C=O) groups excluding carboxylic acids is 1. The Balaban J connectivity index is 2.57. The van der Waals surface area contributed by atoms with Crippen LogP contribution in [0.15, 0.2) is 18.3 Å². The molecule has 0 saturated carbocycles. The number of amides is 2. The van der Waals surface area contributed by atoms with Crippen molar-refractivity contribution in [1.29, 1.82) is 0 Å². The third-order valence-corrected chi connectivity index (χ3v) is 2.97. The molecule has 3 N–H and O–H groups in total. The topological polar surface area (TPSA) is 101 Å². The van der Waals surface area contributed by atoms with Gasteiger partial charge in [-0.15, -0.1) is 0 Å². The minimum Gasteiger partial charge on any atom is -0.476 e. The molecule has 0 spiro atoms. The first kappa shape index (κ1) is 16.9. The highest BCUT2D eigenvalue weighted by Crippen LogP contribution is 2.19. The predicted octanol–water partition coefficient (Wildman–Crippen LogP) is 1.96. The van der Waals surface area contributed by atoms with Crippen molar-refractivity contribution >= 4 is 17.7 Å². The van der Waals surface area contributed by atoms with E-state index in [1.807, 2.05) is 13.8 Å². The van der Waals surface area contributed by atoms with Crippen molar-refractivity contribution in [2.75, 3.05) is 25.6 Å². The van der Waals surface area contributed by atoms with Crippen LogP contribution < -0.4 is 10.6 Å². The number of aromatic nitrogens is 1. The number of carbonyl (C=O) groups is 2. The number of anilines is 1. The molecule has 1 aromatic rings. The fourth-order valence-electron chi connectivity index (χ4n) is 1.63. The molecule has 0 atom stereocenters. The van der Waals surface area contributed by atoms with E-state index in [-0.39, 0.29) is 16.8 Å². The molecule has 1 aromatic heterocycles. The molecular weight excluding hydrogens is 274 g/mol. The number of methoxy groups -OCH3 is 1. The quantitative estimate of drug-likeness (QED) is 0.714. The molecule has 1 heterocycles. The molecule has 0 saturated heterocycles. The number of nitrogens with one attached hydrogen (secondary N) is 2. The number of aromatic carboxylic acids is 1. The van der Waals surface area contributed by atoms with E-state index in [4.69, 9.17) is 9.84 Å². The lowest BCUT2D eigenvalue weighted by atomic mass is 9.90. The van der Waals surface area contributed by atoms with E-state index in [9.17, 15) is 9.59 Å². The second kappa shape index (κ2) is 7.58. The van der Waals surface area contributed by atoms with Gasteiger partial charge in [-0.1, -0.05) is 13.8 Å². The molecule has 0 bridgehead atoms. The molecule has 0 aromatic carbocycles. The first-order valence-electron chi connectivity index (χ1n) is 6.58. The second-order valence-corrected chi connectivity index (χ2v) is 5.42. The van der Waals surface area contributed by atoms with Crippen molar-refractivity contribution in [3.63, 3.8) is 0 Å². The number of ether oxygens (including phenoxy) is 1. The Morgan fingerprint density at radius 3 is 2.76 bits per heavy atom. The maximum absolute atomic E-state index is 11.8. The summed E-state index contributed by atoms with van der Waals surface area (Å²) in [6.45, 7) is 5.09. The Labute approximate surface area is 123 Å². The number of carboxylic acid groups (broad SMARTS) is 1. The molecule has 0 aliphatic rings. The van der Waals surface area contributed by atoms with Crippen LogP contribution in [0.3, 0.4) is 0 Å². The molecule has 0 unspecified atom stereocenters. The van der Waals surface area contributed by atoms with E-state index in [2.05, 4.69) is 15.6 Å². The monoisotopic (exact) mass is 295 g/mol. The third-order valence-electron chi connectivity index (χ3n) is 2.97. The minimum atomic E-state index is -1.19. The molecular formula is C14H21N3O4. The zero-order chi connectivity index (χ0) is 15.9. The zero-order valence-corrected chi connectivity index (χ0v) is 12.5. The molecule has 0 aliphatic carbocycles. The van der Waals surface area contributed by atoms with Gasteiger partial charge in [0.1, 0.15) is 0 Å². The largest absolute Gasteiger partial charge is 0.476 e. The Morgan fingerprint density at radius 2 is 2.14 bits per heavy atom. The number of nitrogens with zero attached hydrogens (tertiary/aromatic N) is 1. The lowest BCUT2D eigenvalue weighted by molar-refractivity contribution is 0.0691. The average molecular weight is 295 g/mol. The van der Waals surface area contributed by atoms with Gasteiger partial charge in [-0.2, -0.15) is 0 Å². The highest BCUT2D eigenvalue weighted by Gasteiger charge is 2.19. The minimum absolute atomic E-state index is 0.113. The SMILES string of the molecule is COCCC(C)(C)CNC(=O)Nc1cccnc1C(=O)O. The van der Waals surface area contributed by atoms with Crippen LogP contribution in [-0.4, -0.2) is 42.4 Å². The van der Waals surface area contributed by atoms with Gasteiger partial charge in [0.05, 0.1) is 5.69 Å². The molecule has 0 radical (unpaired) electrons. The molecule has 116 valence electrons. The average Bonchev–Trinajstić information content (AvgIpc) is 2.43. The summed E-state index contributed by atoms with van der Waals surface area (Å²) in [6, 6.07) is 2.59. The van der Waals surface area contributed by atoms with Crippen molar-refractivity contribution in [2.45, 2.75) is 20.3 Å². The summed E-state index contributed by atoms with van der Waals surface area (Å²) >= 11 is 0. The van der Waals surface area contributed by atoms with E-state index in [1.165, 1.54) is 12.3 Å². The summed E-state index contributed by atoms with van der Waals surface area (Å²) in [5.41, 5.74) is -0.138. The zero-order valence-electron chi connectivity index (χ0n) is 12.5. The third kappa shape index (κ3) is 5.78. The number of carboxylic acids is 1. The van der Waals surface area contributed by atoms with Crippen molar-refractivity contribution in [3.05, 3.63) is 24.0 Å². The highest BCUT2D eigenvalue weighted by molar-refractivity contribution is 5.98. The van der Waals surface area contributed by atoms with Gasteiger partial charge in [-0.3, -0.25) is 0 Å². The lowest BCUT2D eigenvalue weighted by Crippen LogP contribution is -2.37. The second-order valence-electron chi connectivity index (χ2n) is 5.42. The summed E-state index contributed by atoms with van der Waals surface area (Å²) < 4.78 is 5.02. The van der Waals surface area contributed by atoms with Crippen LogP contribution in [0.5, 0.6) is 0 Å². The first-order chi connectivity index (χ1) is 9.85. The molecule has 7 nitrogen and oxygen atoms in total. The summed E-state index contributed by atoms with van der Waals surface area (Å²) in [7, 11) is 1.63. The number of hydrogen-bond acceptors (Lipinski definition) is 4. The number of hydrogen-bond donors (Lipinski definition) is 3. The normalized spacial score (nSPS) is 11.0. The predicted molar refractivity (Wildman–Crippen MR) is 78.5 cm³/mol. The van der Waals surface area contributed by atoms with Crippen LogP contribution in [0.1, 0.15) is 30.8 Å². The molecule has 21 heavy (non-hydrogen) atoms. The molecule has 1 rings (SSSR count). The van der Waals surface area contributed by atoms with Crippen molar-refractivity contribution in [1.82, 2.24) is 10.3 Å². The standard InChI is InChI=1S/C14H21N3O4/c1-14(2,6-8-21-3)9-16-13(20)17-10-5-4-7-15-11(10)12(18)19/h4-5,7H,6,8-9H2,1-3H3,(H,18,19)(H2,16,17,20). The Morgan fingerprint density at radius 1 is 1.43 bits per heavy atom. The van der Waals surface area contributed by atoms with Gasteiger partial charge < -0.3 is 20.5 Å². The van der Waals surface area contributed by atoms with E-state index >= 15 is 0 Å². The van der Waals surface area contributed by atoms with E-state index in [0.29, 0.717) is 13.2 Å². The maximum atomic E-state index is 11.8. The Bertz CT molecular complexity index is 503. The van der Waals surface area contributed by atoms with Crippen LogP contribution in [0, 0.1) is 5.41 Å². The molecule has 2 amide bonds. The fourth-order valence-corrected chi connectivity index (χ4v) is 1.63. The summed E-state index contributed by atoms with van der Waals surface area (Å²) in [4.78, 5) is 26.5. The summed E-state index contributed by atoms with van der Waals surface area (Å²) in [5.74, 6) is -1.19. The van der Waals surface area contributed by atoms with Crippen LogP contribution in [0.4, 0.5) is 10.5 Å².